The SMILES string of the molecule is NCC1C2CN(CCc3ccc(-n4ccc(NC(=O)N5CC6(CC(N)C6)C5)nc4=O)cc3)CC12. The summed E-state index contributed by atoms with van der Waals surface area (Å²) in [6.07, 6.45) is 4.62. The molecule has 0 radical (unpaired) electrons. The zero-order chi connectivity index (χ0) is 23.4. The summed E-state index contributed by atoms with van der Waals surface area (Å²) in [7, 11) is 0. The summed E-state index contributed by atoms with van der Waals surface area (Å²) in [5.41, 5.74) is 13.5. The topological polar surface area (TPSA) is 123 Å². The Balaban J connectivity index is 1.01. The number of piperidine rings is 1. The smallest absolute Gasteiger partial charge is 0.330 e. The molecule has 0 bridgehead atoms. The second-order valence-electron chi connectivity index (χ2n) is 10.8. The number of rotatable bonds is 6. The van der Waals surface area contributed by atoms with Gasteiger partial charge in [-0.3, -0.25) is 9.88 Å². The number of amides is 2. The van der Waals surface area contributed by atoms with Crippen LogP contribution in [0.4, 0.5) is 10.6 Å². The van der Waals surface area contributed by atoms with Gasteiger partial charge in [0, 0.05) is 50.4 Å². The van der Waals surface area contributed by atoms with E-state index < -0.39 is 5.69 Å². The molecule has 5 N–H and O–H groups in total. The molecule has 1 aromatic carbocycles. The fraction of sp³-hybridized carbons (Fsp3) is 0.560. The minimum Gasteiger partial charge on any atom is -0.330 e. The third-order valence-corrected chi connectivity index (χ3v) is 8.42. The number of anilines is 1. The van der Waals surface area contributed by atoms with E-state index in [2.05, 4.69) is 27.3 Å². The number of carbonyl (C=O) groups is 1. The average molecular weight is 464 g/mol. The molecule has 2 aromatic rings. The number of urea groups is 1. The van der Waals surface area contributed by atoms with E-state index in [1.54, 1.807) is 17.2 Å². The predicted octanol–water partition coefficient (Wildman–Crippen LogP) is 0.867. The number of likely N-dealkylation sites (tertiary alicyclic amines) is 2. The summed E-state index contributed by atoms with van der Waals surface area (Å²) < 4.78 is 1.49. The lowest BCUT2D eigenvalue weighted by Gasteiger charge is -2.58. The molecule has 2 saturated carbocycles. The first kappa shape index (κ1) is 21.8. The van der Waals surface area contributed by atoms with Gasteiger partial charge >= 0.3 is 11.7 Å². The molecule has 2 aliphatic carbocycles. The summed E-state index contributed by atoms with van der Waals surface area (Å²) in [5, 5.41) is 2.75. The van der Waals surface area contributed by atoms with E-state index in [9.17, 15) is 9.59 Å². The van der Waals surface area contributed by atoms with E-state index in [0.29, 0.717) is 0 Å². The van der Waals surface area contributed by atoms with E-state index in [-0.39, 0.29) is 23.3 Å². The first-order valence-corrected chi connectivity index (χ1v) is 12.4. The number of hydrogen-bond acceptors (Lipinski definition) is 6. The maximum Gasteiger partial charge on any atom is 0.354 e. The van der Waals surface area contributed by atoms with Crippen molar-refractivity contribution in [1.29, 1.82) is 0 Å². The molecule has 34 heavy (non-hydrogen) atoms. The van der Waals surface area contributed by atoms with Crippen molar-refractivity contribution in [1.82, 2.24) is 19.4 Å². The molecule has 1 aromatic heterocycles. The molecule has 2 amide bonds. The minimum atomic E-state index is -0.415. The molecule has 2 saturated heterocycles. The third-order valence-electron chi connectivity index (χ3n) is 8.42. The second kappa shape index (κ2) is 8.18. The minimum absolute atomic E-state index is 0.214. The molecular formula is C25H33N7O2. The van der Waals surface area contributed by atoms with Crippen LogP contribution in [0.3, 0.4) is 0 Å². The highest BCUT2D eigenvalue weighted by molar-refractivity contribution is 5.89. The Labute approximate surface area is 199 Å². The molecule has 2 unspecified atom stereocenters. The fourth-order valence-corrected chi connectivity index (χ4v) is 6.46. The molecule has 1 spiro atoms. The number of carbonyl (C=O) groups excluding carboxylic acids is 1. The van der Waals surface area contributed by atoms with Gasteiger partial charge in [0.2, 0.25) is 0 Å². The first-order valence-electron chi connectivity index (χ1n) is 12.4. The van der Waals surface area contributed by atoms with Crippen molar-refractivity contribution in [3.05, 3.63) is 52.6 Å². The summed E-state index contributed by atoms with van der Waals surface area (Å²) >= 11 is 0. The Bertz CT molecular complexity index is 1120. The largest absolute Gasteiger partial charge is 0.354 e. The first-order chi connectivity index (χ1) is 16.4. The molecule has 180 valence electrons. The highest BCUT2D eigenvalue weighted by Gasteiger charge is 2.54. The van der Waals surface area contributed by atoms with Gasteiger partial charge in [0.25, 0.3) is 0 Å². The van der Waals surface area contributed by atoms with Gasteiger partial charge in [-0.2, -0.15) is 4.98 Å². The maximum absolute atomic E-state index is 12.6. The quantitative estimate of drug-likeness (QED) is 0.584. The number of hydrogen-bond donors (Lipinski definition) is 3. The van der Waals surface area contributed by atoms with Crippen molar-refractivity contribution < 1.29 is 4.79 Å². The molecule has 2 atom stereocenters. The second-order valence-corrected chi connectivity index (χ2v) is 10.8. The lowest BCUT2D eigenvalue weighted by Crippen LogP contribution is -2.67. The van der Waals surface area contributed by atoms with Gasteiger partial charge in [-0.1, -0.05) is 12.1 Å². The Morgan fingerprint density at radius 2 is 1.82 bits per heavy atom. The number of fused-ring (bicyclic) bond motifs is 1. The number of aromatic nitrogens is 2. The predicted molar refractivity (Wildman–Crippen MR) is 130 cm³/mol. The van der Waals surface area contributed by atoms with Crippen LogP contribution in [0.2, 0.25) is 0 Å². The van der Waals surface area contributed by atoms with Crippen LogP contribution in [0.1, 0.15) is 18.4 Å². The zero-order valence-electron chi connectivity index (χ0n) is 19.4. The maximum atomic E-state index is 12.6. The van der Waals surface area contributed by atoms with Gasteiger partial charge in [-0.15, -0.1) is 0 Å². The highest BCUT2D eigenvalue weighted by atomic mass is 16.2. The van der Waals surface area contributed by atoms with Crippen molar-refractivity contribution >= 4 is 11.8 Å². The van der Waals surface area contributed by atoms with Gasteiger partial charge in [-0.25, -0.2) is 9.59 Å². The molecule has 4 fully saturated rings. The summed E-state index contributed by atoms with van der Waals surface area (Å²) in [5.74, 6) is 2.68. The van der Waals surface area contributed by atoms with Gasteiger partial charge in [0.05, 0.1) is 5.69 Å². The van der Waals surface area contributed by atoms with Crippen LogP contribution in [0.15, 0.2) is 41.3 Å². The third kappa shape index (κ3) is 3.91. The molecular weight excluding hydrogens is 430 g/mol. The monoisotopic (exact) mass is 463 g/mol. The van der Waals surface area contributed by atoms with Crippen molar-refractivity contribution in [2.45, 2.75) is 25.3 Å². The van der Waals surface area contributed by atoms with Gasteiger partial charge in [0.1, 0.15) is 5.82 Å². The Morgan fingerprint density at radius 1 is 1.12 bits per heavy atom. The van der Waals surface area contributed by atoms with Crippen LogP contribution < -0.4 is 22.5 Å². The van der Waals surface area contributed by atoms with Crippen LogP contribution in [0, 0.1) is 23.2 Å². The normalized spacial score (nSPS) is 27.2. The summed E-state index contributed by atoms with van der Waals surface area (Å²) in [6.45, 7) is 5.71. The lowest BCUT2D eigenvalue weighted by molar-refractivity contribution is -0.0418. The number of nitrogens with one attached hydrogen (secondary N) is 1. The standard InChI is InChI=1S/C25H33N7O2/c26-11-19-20-12-30(13-21(19)20)7-5-16-1-3-18(4-2-16)32-8-6-22(29-24(32)34)28-23(33)31-14-25(15-31)9-17(27)10-25/h1-4,6,8,17,19-21H,5,7,9-15,26-27H2,(H,28,29,33,34). The highest BCUT2D eigenvalue weighted by Crippen LogP contribution is 2.50. The van der Waals surface area contributed by atoms with Gasteiger partial charge in [-0.05, 0) is 67.3 Å². The van der Waals surface area contributed by atoms with Gasteiger partial charge < -0.3 is 21.3 Å². The molecule has 6 rings (SSSR count). The van der Waals surface area contributed by atoms with Crippen molar-refractivity contribution in [2.75, 3.05) is 44.6 Å². The van der Waals surface area contributed by atoms with E-state index in [1.165, 1.54) is 23.2 Å². The van der Waals surface area contributed by atoms with Gasteiger partial charge in [0.15, 0.2) is 0 Å². The fourth-order valence-electron chi connectivity index (χ4n) is 6.46. The van der Waals surface area contributed by atoms with E-state index >= 15 is 0 Å². The van der Waals surface area contributed by atoms with Crippen molar-refractivity contribution in [2.24, 2.45) is 34.6 Å². The molecule has 3 heterocycles. The zero-order valence-corrected chi connectivity index (χ0v) is 19.4. The average Bonchev–Trinajstić information content (AvgIpc) is 3.25. The van der Waals surface area contributed by atoms with Crippen LogP contribution in [-0.4, -0.2) is 70.7 Å². The Hall–Kier alpha value is -2.75. The van der Waals surface area contributed by atoms with E-state index in [0.717, 1.165) is 68.9 Å². The lowest BCUT2D eigenvalue weighted by atomic mass is 9.61. The summed E-state index contributed by atoms with van der Waals surface area (Å²) in [6, 6.07) is 9.76. The van der Waals surface area contributed by atoms with Crippen molar-refractivity contribution in [3.63, 3.8) is 0 Å². The van der Waals surface area contributed by atoms with E-state index in [1.807, 2.05) is 12.1 Å². The van der Waals surface area contributed by atoms with Crippen LogP contribution in [0.25, 0.3) is 5.69 Å². The molecule has 4 aliphatic rings. The Morgan fingerprint density at radius 3 is 2.44 bits per heavy atom. The molecule has 2 aliphatic heterocycles. The molecule has 9 heteroatoms. The van der Waals surface area contributed by atoms with E-state index in [4.69, 9.17) is 11.5 Å². The summed E-state index contributed by atoms with van der Waals surface area (Å²) in [4.78, 5) is 33.4. The van der Waals surface area contributed by atoms with Crippen LogP contribution in [-0.2, 0) is 6.42 Å². The molecule has 9 nitrogen and oxygen atoms in total. The number of benzene rings is 1. The number of nitrogens with two attached hydrogens (primary N) is 2. The Kier molecular flexibility index (Phi) is 5.24. The van der Waals surface area contributed by atoms with Crippen LogP contribution >= 0.6 is 0 Å². The number of nitrogens with zero attached hydrogens (tertiary/aromatic N) is 4. The van der Waals surface area contributed by atoms with Crippen molar-refractivity contribution in [3.8, 4) is 5.69 Å². The van der Waals surface area contributed by atoms with Crippen LogP contribution in [0.5, 0.6) is 0 Å².